The third-order valence-electron chi connectivity index (χ3n) is 5.24. The zero-order chi connectivity index (χ0) is 17.3. The van der Waals surface area contributed by atoms with Gasteiger partial charge in [-0.2, -0.15) is 0 Å². The minimum Gasteiger partial charge on any atom is -0.342 e. The van der Waals surface area contributed by atoms with Crippen molar-refractivity contribution in [1.29, 1.82) is 0 Å². The first-order valence-corrected chi connectivity index (χ1v) is 9.04. The molecule has 2 aliphatic heterocycles. The van der Waals surface area contributed by atoms with Gasteiger partial charge in [0.25, 0.3) is 0 Å². The van der Waals surface area contributed by atoms with Crippen molar-refractivity contribution in [2.45, 2.75) is 40.2 Å². The molecular formula is C20H28N2O2. The second-order valence-corrected chi connectivity index (χ2v) is 7.85. The summed E-state index contributed by atoms with van der Waals surface area (Å²) in [7, 11) is 0. The van der Waals surface area contributed by atoms with Crippen molar-refractivity contribution in [3.8, 4) is 0 Å². The second-order valence-electron chi connectivity index (χ2n) is 7.85. The highest BCUT2D eigenvalue weighted by atomic mass is 16.2. The maximum Gasteiger partial charge on any atom is 0.228 e. The van der Waals surface area contributed by atoms with E-state index in [1.165, 1.54) is 12.0 Å². The number of piperidine rings is 1. The molecule has 0 saturated carbocycles. The van der Waals surface area contributed by atoms with Gasteiger partial charge in [-0.15, -0.1) is 0 Å². The van der Waals surface area contributed by atoms with Crippen LogP contribution in [0.1, 0.15) is 37.8 Å². The zero-order valence-electron chi connectivity index (χ0n) is 15.0. The van der Waals surface area contributed by atoms with Crippen LogP contribution in [-0.4, -0.2) is 41.2 Å². The Morgan fingerprint density at radius 2 is 1.71 bits per heavy atom. The first kappa shape index (κ1) is 17.0. The number of benzene rings is 1. The highest BCUT2D eigenvalue weighted by molar-refractivity contribution is 5.89. The van der Waals surface area contributed by atoms with Gasteiger partial charge in [0.2, 0.25) is 11.8 Å². The third kappa shape index (κ3) is 3.80. The van der Waals surface area contributed by atoms with E-state index in [-0.39, 0.29) is 17.7 Å². The molecule has 0 unspecified atom stereocenters. The molecule has 4 heteroatoms. The van der Waals surface area contributed by atoms with E-state index in [0.29, 0.717) is 31.3 Å². The van der Waals surface area contributed by atoms with Crippen molar-refractivity contribution < 1.29 is 9.59 Å². The van der Waals surface area contributed by atoms with Crippen LogP contribution in [0.3, 0.4) is 0 Å². The van der Waals surface area contributed by atoms with E-state index in [9.17, 15) is 9.59 Å². The average Bonchev–Trinajstić information content (AvgIpc) is 2.89. The first-order valence-electron chi connectivity index (χ1n) is 9.04. The van der Waals surface area contributed by atoms with Gasteiger partial charge < -0.3 is 9.80 Å². The van der Waals surface area contributed by atoms with Gasteiger partial charge in [0.1, 0.15) is 0 Å². The van der Waals surface area contributed by atoms with Gasteiger partial charge >= 0.3 is 0 Å². The van der Waals surface area contributed by atoms with Crippen molar-refractivity contribution >= 4 is 11.8 Å². The van der Waals surface area contributed by atoms with Crippen LogP contribution in [-0.2, 0) is 16.1 Å². The van der Waals surface area contributed by atoms with E-state index in [1.54, 1.807) is 0 Å². The van der Waals surface area contributed by atoms with Gasteiger partial charge in [0.15, 0.2) is 0 Å². The molecule has 1 aromatic rings. The SMILES string of the molecule is Cc1ccc(CN2C[C@H](C(=O)N3C[C@@H](C)C[C@H](C)C3)CC2=O)cc1. The summed E-state index contributed by atoms with van der Waals surface area (Å²) in [6.45, 7) is 9.32. The van der Waals surface area contributed by atoms with Crippen LogP contribution < -0.4 is 0 Å². The molecule has 0 N–H and O–H groups in total. The van der Waals surface area contributed by atoms with Crippen LogP contribution in [0.4, 0.5) is 0 Å². The van der Waals surface area contributed by atoms with Crippen LogP contribution >= 0.6 is 0 Å². The number of aryl methyl sites for hydroxylation is 1. The molecule has 2 amide bonds. The Kier molecular flexibility index (Phi) is 4.93. The molecule has 130 valence electrons. The van der Waals surface area contributed by atoms with Crippen LogP contribution in [0.15, 0.2) is 24.3 Å². The van der Waals surface area contributed by atoms with Gasteiger partial charge in [-0.05, 0) is 30.7 Å². The summed E-state index contributed by atoms with van der Waals surface area (Å²) in [4.78, 5) is 29.0. The molecule has 0 aromatic heterocycles. The number of carbonyl (C=O) groups is 2. The van der Waals surface area contributed by atoms with Crippen LogP contribution in [0.25, 0.3) is 0 Å². The van der Waals surface area contributed by atoms with E-state index in [1.807, 2.05) is 9.80 Å². The Hall–Kier alpha value is -1.84. The molecule has 0 aliphatic carbocycles. The van der Waals surface area contributed by atoms with Gasteiger partial charge in [-0.3, -0.25) is 9.59 Å². The Labute approximate surface area is 144 Å². The Morgan fingerprint density at radius 3 is 2.33 bits per heavy atom. The summed E-state index contributed by atoms with van der Waals surface area (Å²) < 4.78 is 0. The fourth-order valence-electron chi connectivity index (χ4n) is 4.11. The number of rotatable bonds is 3. The standard InChI is InChI=1S/C20H28N2O2/c1-14-4-6-17(7-5-14)12-21-13-18(9-19(21)23)20(24)22-10-15(2)8-16(3)11-22/h4-7,15-16,18H,8-13H2,1-3H3/t15-,16-,18+/m0/s1. The fourth-order valence-corrected chi connectivity index (χ4v) is 4.11. The molecular weight excluding hydrogens is 300 g/mol. The maximum atomic E-state index is 12.8. The summed E-state index contributed by atoms with van der Waals surface area (Å²) in [6.07, 6.45) is 1.55. The summed E-state index contributed by atoms with van der Waals surface area (Å²) in [5.74, 6) is 1.22. The summed E-state index contributed by atoms with van der Waals surface area (Å²) in [5, 5.41) is 0. The first-order chi connectivity index (χ1) is 11.4. The van der Waals surface area contributed by atoms with Crippen molar-refractivity contribution in [3.63, 3.8) is 0 Å². The predicted octanol–water partition coefficient (Wildman–Crippen LogP) is 2.85. The maximum absolute atomic E-state index is 12.8. The number of nitrogens with zero attached hydrogens (tertiary/aromatic N) is 2. The largest absolute Gasteiger partial charge is 0.342 e. The third-order valence-corrected chi connectivity index (χ3v) is 5.24. The van der Waals surface area contributed by atoms with E-state index < -0.39 is 0 Å². The minimum absolute atomic E-state index is 0.104. The molecule has 2 aliphatic rings. The number of likely N-dealkylation sites (tertiary alicyclic amines) is 2. The quantitative estimate of drug-likeness (QED) is 0.856. The monoisotopic (exact) mass is 328 g/mol. The lowest BCUT2D eigenvalue weighted by molar-refractivity contribution is -0.138. The lowest BCUT2D eigenvalue weighted by Crippen LogP contribution is -2.45. The molecule has 2 heterocycles. The summed E-state index contributed by atoms with van der Waals surface area (Å²) in [5.41, 5.74) is 2.34. The molecule has 3 rings (SSSR count). The highest BCUT2D eigenvalue weighted by Gasteiger charge is 2.38. The normalized spacial score (nSPS) is 27.6. The number of amides is 2. The van der Waals surface area contributed by atoms with Gasteiger partial charge in [0.05, 0.1) is 5.92 Å². The lowest BCUT2D eigenvalue weighted by Gasteiger charge is -2.36. The van der Waals surface area contributed by atoms with E-state index >= 15 is 0 Å². The molecule has 0 radical (unpaired) electrons. The molecule has 0 bridgehead atoms. The van der Waals surface area contributed by atoms with Crippen molar-refractivity contribution in [2.24, 2.45) is 17.8 Å². The van der Waals surface area contributed by atoms with E-state index in [4.69, 9.17) is 0 Å². The molecule has 1 aromatic carbocycles. The highest BCUT2D eigenvalue weighted by Crippen LogP contribution is 2.26. The molecule has 4 nitrogen and oxygen atoms in total. The number of hydrogen-bond acceptors (Lipinski definition) is 2. The Morgan fingerprint density at radius 1 is 1.08 bits per heavy atom. The molecule has 0 spiro atoms. The Balaban J connectivity index is 1.61. The van der Waals surface area contributed by atoms with Gasteiger partial charge in [-0.25, -0.2) is 0 Å². The summed E-state index contributed by atoms with van der Waals surface area (Å²) in [6, 6.07) is 8.25. The van der Waals surface area contributed by atoms with E-state index in [0.717, 1.165) is 18.7 Å². The van der Waals surface area contributed by atoms with Crippen molar-refractivity contribution in [2.75, 3.05) is 19.6 Å². The minimum atomic E-state index is -0.166. The van der Waals surface area contributed by atoms with Gasteiger partial charge in [-0.1, -0.05) is 43.7 Å². The van der Waals surface area contributed by atoms with Gasteiger partial charge in [0, 0.05) is 32.6 Å². The van der Waals surface area contributed by atoms with Crippen molar-refractivity contribution in [1.82, 2.24) is 9.80 Å². The predicted molar refractivity (Wildman–Crippen MR) is 94.2 cm³/mol. The molecule has 2 fully saturated rings. The molecule has 2 saturated heterocycles. The topological polar surface area (TPSA) is 40.6 Å². The average molecular weight is 328 g/mol. The number of hydrogen-bond donors (Lipinski definition) is 0. The van der Waals surface area contributed by atoms with Crippen LogP contribution in [0, 0.1) is 24.7 Å². The number of carbonyl (C=O) groups excluding carboxylic acids is 2. The fraction of sp³-hybridized carbons (Fsp3) is 0.600. The lowest BCUT2D eigenvalue weighted by atomic mass is 9.91. The van der Waals surface area contributed by atoms with Crippen LogP contribution in [0.5, 0.6) is 0 Å². The van der Waals surface area contributed by atoms with E-state index in [2.05, 4.69) is 45.0 Å². The zero-order valence-corrected chi connectivity index (χ0v) is 15.0. The summed E-state index contributed by atoms with van der Waals surface area (Å²) >= 11 is 0. The second kappa shape index (κ2) is 6.96. The molecule has 24 heavy (non-hydrogen) atoms. The molecule has 3 atom stereocenters. The Bertz CT molecular complexity index is 601. The smallest absolute Gasteiger partial charge is 0.228 e. The van der Waals surface area contributed by atoms with Crippen LogP contribution in [0.2, 0.25) is 0 Å². The van der Waals surface area contributed by atoms with Crippen molar-refractivity contribution in [3.05, 3.63) is 35.4 Å².